The highest BCUT2D eigenvalue weighted by Crippen LogP contribution is 2.28. The van der Waals surface area contributed by atoms with Crippen LogP contribution in [0.4, 0.5) is 0 Å². The van der Waals surface area contributed by atoms with Crippen LogP contribution in [0, 0.1) is 0 Å². The molecule has 25 heavy (non-hydrogen) atoms. The fourth-order valence-electron chi connectivity index (χ4n) is 3.32. The summed E-state index contributed by atoms with van der Waals surface area (Å²) in [5, 5.41) is 0. The lowest BCUT2D eigenvalue weighted by Gasteiger charge is -2.32. The van der Waals surface area contributed by atoms with Crippen LogP contribution in [0.3, 0.4) is 0 Å². The molecule has 1 fully saturated rings. The molecule has 1 aliphatic rings. The minimum Gasteiger partial charge on any atom is -0.343 e. The highest BCUT2D eigenvalue weighted by Gasteiger charge is 2.23. The Balaban J connectivity index is 0.00000225. The number of rotatable bonds is 4. The zero-order valence-electron chi connectivity index (χ0n) is 14.6. The summed E-state index contributed by atoms with van der Waals surface area (Å²) in [4.78, 5) is 33.0. The Morgan fingerprint density at radius 3 is 2.40 bits per heavy atom. The lowest BCUT2D eigenvalue weighted by molar-refractivity contribution is 0.0819. The summed E-state index contributed by atoms with van der Waals surface area (Å²) < 4.78 is 0. The van der Waals surface area contributed by atoms with Gasteiger partial charge in [0.2, 0.25) is 0 Å². The number of likely N-dealkylation sites (tertiary alicyclic amines) is 1. The van der Waals surface area contributed by atoms with Crippen LogP contribution >= 0.6 is 12.4 Å². The van der Waals surface area contributed by atoms with Crippen molar-refractivity contribution >= 4 is 18.3 Å². The van der Waals surface area contributed by atoms with Gasteiger partial charge in [0.25, 0.3) is 5.91 Å². The van der Waals surface area contributed by atoms with Crippen LogP contribution in [0.15, 0.2) is 35.1 Å². The van der Waals surface area contributed by atoms with E-state index in [1.807, 2.05) is 6.07 Å². The summed E-state index contributed by atoms with van der Waals surface area (Å²) in [6.07, 6.45) is 2.19. The molecule has 0 radical (unpaired) electrons. The van der Waals surface area contributed by atoms with Crippen molar-refractivity contribution in [3.63, 3.8) is 0 Å². The van der Waals surface area contributed by atoms with E-state index in [-0.39, 0.29) is 24.0 Å². The fourth-order valence-corrected chi connectivity index (χ4v) is 3.32. The van der Waals surface area contributed by atoms with Gasteiger partial charge in [-0.05, 0) is 37.4 Å². The number of imidazole rings is 1. The Morgan fingerprint density at radius 1 is 1.16 bits per heavy atom. The van der Waals surface area contributed by atoms with E-state index in [9.17, 15) is 9.59 Å². The smallest absolute Gasteiger partial charge is 0.323 e. The van der Waals surface area contributed by atoms with Crippen molar-refractivity contribution in [3.8, 4) is 0 Å². The van der Waals surface area contributed by atoms with Crippen molar-refractivity contribution in [2.75, 3.05) is 27.2 Å². The molecule has 1 aromatic carbocycles. The first-order valence-corrected chi connectivity index (χ1v) is 8.34. The molecule has 2 aromatic rings. The number of halogens is 1. The molecule has 0 unspecified atom stereocenters. The maximum absolute atomic E-state index is 12.2. The number of piperidine rings is 1. The van der Waals surface area contributed by atoms with Gasteiger partial charge in [-0.2, -0.15) is 0 Å². The Morgan fingerprint density at radius 2 is 1.80 bits per heavy atom. The highest BCUT2D eigenvalue weighted by atomic mass is 35.5. The molecule has 1 amide bonds. The summed E-state index contributed by atoms with van der Waals surface area (Å²) >= 11 is 0. The largest absolute Gasteiger partial charge is 0.343 e. The number of hydrogen-bond donors (Lipinski definition) is 2. The maximum atomic E-state index is 12.2. The van der Waals surface area contributed by atoms with E-state index in [4.69, 9.17) is 0 Å². The third-order valence-corrected chi connectivity index (χ3v) is 4.67. The van der Waals surface area contributed by atoms with Crippen molar-refractivity contribution in [3.05, 3.63) is 57.8 Å². The SMILES string of the molecule is CN(C)C(=O)c1[nH]c(=O)[nH]c1CN1CCC(c2ccccc2)CC1.Cl. The van der Waals surface area contributed by atoms with Gasteiger partial charge in [0.1, 0.15) is 5.69 Å². The average molecular weight is 365 g/mol. The third kappa shape index (κ3) is 4.52. The zero-order chi connectivity index (χ0) is 17.1. The van der Waals surface area contributed by atoms with Crippen molar-refractivity contribution in [2.45, 2.75) is 25.3 Å². The number of aromatic amines is 2. The minimum absolute atomic E-state index is 0. The predicted octanol–water partition coefficient (Wildman–Crippen LogP) is 2.21. The second kappa shape index (κ2) is 8.36. The zero-order valence-corrected chi connectivity index (χ0v) is 15.4. The topological polar surface area (TPSA) is 72.2 Å². The molecule has 0 saturated carbocycles. The number of hydrogen-bond acceptors (Lipinski definition) is 3. The normalized spacial score (nSPS) is 15.6. The van der Waals surface area contributed by atoms with Crippen LogP contribution in [-0.2, 0) is 6.54 Å². The molecule has 0 atom stereocenters. The first kappa shape index (κ1) is 19.3. The summed E-state index contributed by atoms with van der Waals surface area (Å²) in [6.45, 7) is 2.51. The molecule has 2 heterocycles. The van der Waals surface area contributed by atoms with Gasteiger partial charge in [0.05, 0.1) is 5.69 Å². The second-order valence-electron chi connectivity index (χ2n) is 6.59. The minimum atomic E-state index is -0.325. The Bertz CT molecular complexity index is 746. The van der Waals surface area contributed by atoms with E-state index in [0.717, 1.165) is 25.9 Å². The molecular formula is C18H25ClN4O2. The predicted molar refractivity (Wildman–Crippen MR) is 100 cm³/mol. The Hall–Kier alpha value is -2.05. The molecule has 3 rings (SSSR count). The lowest BCUT2D eigenvalue weighted by Crippen LogP contribution is -2.33. The van der Waals surface area contributed by atoms with E-state index in [1.165, 1.54) is 10.5 Å². The Kier molecular flexibility index (Phi) is 6.45. The van der Waals surface area contributed by atoms with E-state index < -0.39 is 0 Å². The van der Waals surface area contributed by atoms with E-state index in [1.54, 1.807) is 14.1 Å². The average Bonchev–Trinajstić information content (AvgIpc) is 2.96. The molecule has 6 nitrogen and oxygen atoms in total. The third-order valence-electron chi connectivity index (χ3n) is 4.67. The quantitative estimate of drug-likeness (QED) is 0.873. The molecule has 1 aromatic heterocycles. The lowest BCUT2D eigenvalue weighted by atomic mass is 9.89. The van der Waals surface area contributed by atoms with Crippen LogP contribution in [-0.4, -0.2) is 52.9 Å². The van der Waals surface area contributed by atoms with E-state index in [2.05, 4.69) is 39.1 Å². The van der Waals surface area contributed by atoms with Gasteiger partial charge in [-0.15, -0.1) is 12.4 Å². The molecule has 2 N–H and O–H groups in total. The Labute approximate surface area is 153 Å². The van der Waals surface area contributed by atoms with Crippen LogP contribution in [0.5, 0.6) is 0 Å². The molecular weight excluding hydrogens is 340 g/mol. The van der Waals surface area contributed by atoms with Crippen LogP contribution in [0.1, 0.15) is 40.5 Å². The molecule has 136 valence electrons. The molecule has 1 saturated heterocycles. The highest BCUT2D eigenvalue weighted by molar-refractivity contribution is 5.93. The van der Waals surface area contributed by atoms with Crippen molar-refractivity contribution in [1.82, 2.24) is 19.8 Å². The van der Waals surface area contributed by atoms with Gasteiger partial charge in [-0.25, -0.2) is 4.79 Å². The van der Waals surface area contributed by atoms with Crippen molar-refractivity contribution in [2.24, 2.45) is 0 Å². The second-order valence-corrected chi connectivity index (χ2v) is 6.59. The van der Waals surface area contributed by atoms with Crippen molar-refractivity contribution in [1.29, 1.82) is 0 Å². The van der Waals surface area contributed by atoms with Crippen LogP contribution in [0.25, 0.3) is 0 Å². The number of H-pyrrole nitrogens is 2. The van der Waals surface area contributed by atoms with Crippen LogP contribution < -0.4 is 5.69 Å². The number of nitrogens with one attached hydrogen (secondary N) is 2. The number of carbonyl (C=O) groups is 1. The summed E-state index contributed by atoms with van der Waals surface area (Å²) in [5.74, 6) is 0.415. The van der Waals surface area contributed by atoms with Gasteiger partial charge in [-0.3, -0.25) is 9.69 Å². The van der Waals surface area contributed by atoms with Crippen molar-refractivity contribution < 1.29 is 4.79 Å². The van der Waals surface area contributed by atoms with Gasteiger partial charge in [0.15, 0.2) is 0 Å². The molecule has 0 spiro atoms. The number of nitrogens with zero attached hydrogens (tertiary/aromatic N) is 2. The van der Waals surface area contributed by atoms with Crippen LogP contribution in [0.2, 0.25) is 0 Å². The standard InChI is InChI=1S/C18H24N4O2.ClH/c1-21(2)17(23)16-15(19-18(24)20-16)12-22-10-8-14(9-11-22)13-6-4-3-5-7-13;/h3-7,14H,8-12H2,1-2H3,(H2,19,20,24);1H. The summed E-state index contributed by atoms with van der Waals surface area (Å²) in [6, 6.07) is 10.6. The maximum Gasteiger partial charge on any atom is 0.323 e. The van der Waals surface area contributed by atoms with Gasteiger partial charge < -0.3 is 14.9 Å². The van der Waals surface area contributed by atoms with E-state index in [0.29, 0.717) is 23.9 Å². The van der Waals surface area contributed by atoms with Gasteiger partial charge in [0, 0.05) is 20.6 Å². The molecule has 7 heteroatoms. The van der Waals surface area contributed by atoms with Gasteiger partial charge in [-0.1, -0.05) is 30.3 Å². The first-order valence-electron chi connectivity index (χ1n) is 8.34. The number of aromatic nitrogens is 2. The number of benzene rings is 1. The summed E-state index contributed by atoms with van der Waals surface area (Å²) in [7, 11) is 3.37. The molecule has 1 aliphatic heterocycles. The monoisotopic (exact) mass is 364 g/mol. The number of amides is 1. The number of carbonyl (C=O) groups excluding carboxylic acids is 1. The summed E-state index contributed by atoms with van der Waals surface area (Å²) in [5.41, 5.74) is 2.12. The molecule has 0 aliphatic carbocycles. The van der Waals surface area contributed by atoms with Gasteiger partial charge >= 0.3 is 5.69 Å². The van der Waals surface area contributed by atoms with E-state index >= 15 is 0 Å². The molecule has 0 bridgehead atoms. The first-order chi connectivity index (χ1) is 11.5. The fraction of sp³-hybridized carbons (Fsp3) is 0.444.